The van der Waals surface area contributed by atoms with Gasteiger partial charge in [-0.15, -0.1) is 12.6 Å². The quantitative estimate of drug-likeness (QED) is 0.509. The Balaban J connectivity index is 2.70. The molecule has 0 amide bonds. The van der Waals surface area contributed by atoms with E-state index in [1.165, 1.54) is 0 Å². The van der Waals surface area contributed by atoms with Gasteiger partial charge in [0.2, 0.25) is 0 Å². The van der Waals surface area contributed by atoms with Crippen LogP contribution in [-0.2, 0) is 7.05 Å². The minimum atomic E-state index is 0.521. The highest BCUT2D eigenvalue weighted by Crippen LogP contribution is 2.32. The third-order valence-electron chi connectivity index (χ3n) is 2.74. The SMILES string of the molecule is CN(C)N(C(=S)S)c1cn(C)c2ccc(Br)cc12. The van der Waals surface area contributed by atoms with E-state index in [1.807, 2.05) is 37.2 Å². The maximum absolute atomic E-state index is 5.21. The number of rotatable bonds is 2. The van der Waals surface area contributed by atoms with Gasteiger partial charge in [-0.2, -0.15) is 0 Å². The molecule has 6 heteroatoms. The molecule has 96 valence electrons. The van der Waals surface area contributed by atoms with Gasteiger partial charge >= 0.3 is 0 Å². The first-order valence-corrected chi connectivity index (χ1v) is 7.01. The summed E-state index contributed by atoms with van der Waals surface area (Å²) in [6.07, 6.45) is 2.06. The van der Waals surface area contributed by atoms with Crippen LogP contribution in [0.5, 0.6) is 0 Å². The molecule has 0 bridgehead atoms. The second-order valence-electron chi connectivity index (χ2n) is 4.23. The number of anilines is 1. The summed E-state index contributed by atoms with van der Waals surface area (Å²) in [4.78, 5) is 0. The van der Waals surface area contributed by atoms with Crippen LogP contribution >= 0.6 is 40.8 Å². The number of nitrogens with zero attached hydrogens (tertiary/aromatic N) is 3. The Morgan fingerprint density at radius 1 is 1.39 bits per heavy atom. The summed E-state index contributed by atoms with van der Waals surface area (Å²) in [7, 11) is 5.91. The van der Waals surface area contributed by atoms with Crippen LogP contribution in [0.25, 0.3) is 10.9 Å². The van der Waals surface area contributed by atoms with E-state index in [4.69, 9.17) is 12.2 Å². The maximum atomic E-state index is 5.21. The number of fused-ring (bicyclic) bond motifs is 1. The highest BCUT2D eigenvalue weighted by Gasteiger charge is 2.17. The highest BCUT2D eigenvalue weighted by atomic mass is 79.9. The van der Waals surface area contributed by atoms with Crippen molar-refractivity contribution < 1.29 is 0 Å². The van der Waals surface area contributed by atoms with Gasteiger partial charge in [0.25, 0.3) is 0 Å². The highest BCUT2D eigenvalue weighted by molar-refractivity contribution is 9.10. The van der Waals surface area contributed by atoms with Crippen LogP contribution in [0, 0.1) is 0 Å². The molecule has 1 aromatic heterocycles. The molecule has 0 atom stereocenters. The topological polar surface area (TPSA) is 11.4 Å². The standard InChI is InChI=1S/C12H14BrN3S2/c1-14(2)16(12(17)18)11-7-15(3)10-5-4-8(13)6-9(10)11/h4-7H,1-3H3,(H,17,18). The van der Waals surface area contributed by atoms with Crippen LogP contribution in [0.3, 0.4) is 0 Å². The van der Waals surface area contributed by atoms with Crippen LogP contribution < -0.4 is 5.01 Å². The van der Waals surface area contributed by atoms with Gasteiger partial charge in [-0.3, -0.25) is 5.01 Å². The van der Waals surface area contributed by atoms with Crippen LogP contribution in [0.1, 0.15) is 0 Å². The number of benzene rings is 1. The summed E-state index contributed by atoms with van der Waals surface area (Å²) in [6.45, 7) is 0. The first-order valence-electron chi connectivity index (χ1n) is 5.36. The molecule has 0 N–H and O–H groups in total. The van der Waals surface area contributed by atoms with Gasteiger partial charge in [0.05, 0.1) is 11.2 Å². The predicted octanol–water partition coefficient (Wildman–Crippen LogP) is 3.44. The fourth-order valence-electron chi connectivity index (χ4n) is 2.00. The van der Waals surface area contributed by atoms with Crippen LogP contribution in [-0.4, -0.2) is 28.0 Å². The molecule has 0 fully saturated rings. The first-order chi connectivity index (χ1) is 8.41. The molecule has 0 aliphatic rings. The lowest BCUT2D eigenvalue weighted by atomic mass is 10.2. The molecule has 0 saturated carbocycles. The molecule has 1 aromatic carbocycles. The number of hydrogen-bond donors (Lipinski definition) is 1. The zero-order valence-corrected chi connectivity index (χ0v) is 13.7. The summed E-state index contributed by atoms with van der Waals surface area (Å²) in [5, 5.41) is 4.95. The lowest BCUT2D eigenvalue weighted by Gasteiger charge is -2.28. The van der Waals surface area contributed by atoms with Gasteiger partial charge in [-0.05, 0) is 18.2 Å². The molecule has 0 radical (unpaired) electrons. The van der Waals surface area contributed by atoms with E-state index in [0.29, 0.717) is 4.32 Å². The number of hydrazine groups is 1. The molecule has 2 rings (SSSR count). The van der Waals surface area contributed by atoms with Crippen LogP contribution in [0.15, 0.2) is 28.9 Å². The fourth-order valence-corrected chi connectivity index (χ4v) is 2.91. The number of hydrogen-bond acceptors (Lipinski definition) is 2. The van der Waals surface area contributed by atoms with Crippen molar-refractivity contribution in [3.63, 3.8) is 0 Å². The van der Waals surface area contributed by atoms with E-state index in [2.05, 4.69) is 51.5 Å². The molecule has 18 heavy (non-hydrogen) atoms. The van der Waals surface area contributed by atoms with Crippen molar-refractivity contribution in [3.8, 4) is 0 Å². The fraction of sp³-hybridized carbons (Fsp3) is 0.250. The molecule has 0 spiro atoms. The second-order valence-corrected chi connectivity index (χ2v) is 6.26. The second kappa shape index (κ2) is 5.21. The molecule has 0 aliphatic carbocycles. The van der Waals surface area contributed by atoms with Crippen molar-refractivity contribution in [2.24, 2.45) is 7.05 Å². The summed E-state index contributed by atoms with van der Waals surface area (Å²) >= 11 is 13.0. The zero-order valence-electron chi connectivity index (χ0n) is 10.4. The minimum Gasteiger partial charge on any atom is -0.348 e. The molecule has 2 aromatic rings. The lowest BCUT2D eigenvalue weighted by Crippen LogP contribution is -2.38. The van der Waals surface area contributed by atoms with Gasteiger partial charge in [-0.25, -0.2) is 5.01 Å². The molecule has 3 nitrogen and oxygen atoms in total. The van der Waals surface area contributed by atoms with E-state index in [0.717, 1.165) is 21.1 Å². The van der Waals surface area contributed by atoms with E-state index < -0.39 is 0 Å². The molecule has 0 unspecified atom stereocenters. The largest absolute Gasteiger partial charge is 0.348 e. The van der Waals surface area contributed by atoms with Gasteiger partial charge in [0, 0.05) is 37.2 Å². The molecule has 0 saturated heterocycles. The number of thiocarbonyl (C=S) groups is 1. The monoisotopic (exact) mass is 343 g/mol. The lowest BCUT2D eigenvalue weighted by molar-refractivity contribution is 0.434. The van der Waals surface area contributed by atoms with Crippen molar-refractivity contribution in [2.45, 2.75) is 0 Å². The van der Waals surface area contributed by atoms with E-state index in [1.54, 1.807) is 0 Å². The Morgan fingerprint density at radius 3 is 2.61 bits per heavy atom. The number of aromatic nitrogens is 1. The molecular weight excluding hydrogens is 330 g/mol. The molecular formula is C12H14BrN3S2. The first kappa shape index (κ1) is 13.9. The van der Waals surface area contributed by atoms with Crippen LogP contribution in [0.4, 0.5) is 5.69 Å². The molecule has 1 heterocycles. The predicted molar refractivity (Wildman–Crippen MR) is 88.4 cm³/mol. The van der Waals surface area contributed by atoms with E-state index >= 15 is 0 Å². The van der Waals surface area contributed by atoms with Crippen molar-refractivity contribution in [1.82, 2.24) is 9.58 Å². The maximum Gasteiger partial charge on any atom is 0.152 e. The third-order valence-corrected chi connectivity index (χ3v) is 3.60. The van der Waals surface area contributed by atoms with Gasteiger partial charge < -0.3 is 4.57 Å². The van der Waals surface area contributed by atoms with E-state index in [-0.39, 0.29) is 0 Å². The number of halogens is 1. The summed E-state index contributed by atoms with van der Waals surface area (Å²) in [6, 6.07) is 6.21. The van der Waals surface area contributed by atoms with Gasteiger partial charge in [0.1, 0.15) is 0 Å². The Labute approximate surface area is 126 Å². The Hall–Kier alpha value is -0.560. The summed E-state index contributed by atoms with van der Waals surface area (Å²) in [5.41, 5.74) is 2.18. The zero-order chi connectivity index (χ0) is 13.4. The summed E-state index contributed by atoms with van der Waals surface area (Å²) in [5.74, 6) is 0. The van der Waals surface area contributed by atoms with Crippen molar-refractivity contribution in [2.75, 3.05) is 19.1 Å². The average molecular weight is 344 g/mol. The third kappa shape index (κ3) is 2.42. The van der Waals surface area contributed by atoms with Gasteiger partial charge in [-0.1, -0.05) is 28.1 Å². The average Bonchev–Trinajstić information content (AvgIpc) is 2.55. The van der Waals surface area contributed by atoms with Crippen molar-refractivity contribution >= 4 is 61.7 Å². The summed E-state index contributed by atoms with van der Waals surface area (Å²) < 4.78 is 3.65. The Bertz CT molecular complexity index is 607. The Morgan fingerprint density at radius 2 is 2.06 bits per heavy atom. The van der Waals surface area contributed by atoms with Crippen molar-refractivity contribution in [1.29, 1.82) is 0 Å². The normalized spacial score (nSPS) is 11.2. The van der Waals surface area contributed by atoms with Gasteiger partial charge in [0.15, 0.2) is 4.32 Å². The van der Waals surface area contributed by atoms with Crippen LogP contribution in [0.2, 0.25) is 0 Å². The smallest absolute Gasteiger partial charge is 0.152 e. The minimum absolute atomic E-state index is 0.521. The number of thiol groups is 1. The number of aryl methyl sites for hydroxylation is 1. The van der Waals surface area contributed by atoms with E-state index in [9.17, 15) is 0 Å². The van der Waals surface area contributed by atoms with Crippen molar-refractivity contribution in [3.05, 3.63) is 28.9 Å². The Kier molecular flexibility index (Phi) is 4.01. The molecule has 0 aliphatic heterocycles.